The van der Waals surface area contributed by atoms with Gasteiger partial charge in [-0.15, -0.1) is 0 Å². The van der Waals surface area contributed by atoms with Crippen molar-refractivity contribution in [1.82, 2.24) is 5.32 Å². The zero-order valence-corrected chi connectivity index (χ0v) is 15.9. The summed E-state index contributed by atoms with van der Waals surface area (Å²) < 4.78 is 10.6. The van der Waals surface area contributed by atoms with Crippen LogP contribution in [0.4, 0.5) is 0 Å². The second kappa shape index (κ2) is 8.00. The molecule has 1 saturated carbocycles. The van der Waals surface area contributed by atoms with Gasteiger partial charge in [0.15, 0.2) is 11.5 Å². The van der Waals surface area contributed by atoms with Crippen LogP contribution >= 0.6 is 11.6 Å². The van der Waals surface area contributed by atoms with Gasteiger partial charge in [0.05, 0.1) is 19.6 Å². The molecule has 0 radical (unpaired) electrons. The molecule has 0 aromatic heterocycles. The largest absolute Gasteiger partial charge is 0.493 e. The van der Waals surface area contributed by atoms with E-state index in [0.717, 1.165) is 36.8 Å². The van der Waals surface area contributed by atoms with Gasteiger partial charge in [0, 0.05) is 11.6 Å². The van der Waals surface area contributed by atoms with Crippen LogP contribution in [0.15, 0.2) is 42.5 Å². The summed E-state index contributed by atoms with van der Waals surface area (Å²) in [5.41, 5.74) is 1.68. The molecule has 2 aromatic rings. The fourth-order valence-corrected chi connectivity index (χ4v) is 3.68. The maximum absolute atomic E-state index is 12.9. The minimum Gasteiger partial charge on any atom is -0.493 e. The van der Waals surface area contributed by atoms with Crippen molar-refractivity contribution in [3.05, 3.63) is 58.6 Å². The van der Waals surface area contributed by atoms with Crippen LogP contribution in [0.5, 0.6) is 11.5 Å². The van der Waals surface area contributed by atoms with Gasteiger partial charge in [0.2, 0.25) is 5.91 Å². The first-order valence-corrected chi connectivity index (χ1v) is 9.22. The summed E-state index contributed by atoms with van der Waals surface area (Å²) in [6.07, 6.45) is 3.54. The standard InChI is InChI=1S/C21H24ClNO3/c1-25-18-8-7-15(13-19(18)26-2)9-12-23-20(24)21(10-4-11-21)16-5-3-6-17(22)14-16/h3,5-8,13-14H,4,9-12H2,1-2H3,(H,23,24). The smallest absolute Gasteiger partial charge is 0.230 e. The molecule has 26 heavy (non-hydrogen) atoms. The van der Waals surface area contributed by atoms with Crippen molar-refractivity contribution in [1.29, 1.82) is 0 Å². The van der Waals surface area contributed by atoms with Gasteiger partial charge in [0.1, 0.15) is 0 Å². The molecule has 1 N–H and O–H groups in total. The number of hydrogen-bond donors (Lipinski definition) is 1. The number of amides is 1. The summed E-state index contributed by atoms with van der Waals surface area (Å²) in [5.74, 6) is 1.49. The van der Waals surface area contributed by atoms with E-state index >= 15 is 0 Å². The minimum atomic E-state index is -0.428. The van der Waals surface area contributed by atoms with Crippen molar-refractivity contribution < 1.29 is 14.3 Å². The first-order valence-electron chi connectivity index (χ1n) is 8.84. The first-order chi connectivity index (χ1) is 12.6. The maximum Gasteiger partial charge on any atom is 0.230 e. The molecule has 4 nitrogen and oxygen atoms in total. The molecule has 1 aliphatic carbocycles. The molecule has 5 heteroatoms. The van der Waals surface area contributed by atoms with E-state index in [9.17, 15) is 4.79 Å². The topological polar surface area (TPSA) is 47.6 Å². The lowest BCUT2D eigenvalue weighted by Crippen LogP contribution is -2.49. The van der Waals surface area contributed by atoms with Gasteiger partial charge in [-0.3, -0.25) is 4.79 Å². The number of ether oxygens (including phenoxy) is 2. The van der Waals surface area contributed by atoms with E-state index < -0.39 is 5.41 Å². The van der Waals surface area contributed by atoms with Crippen molar-refractivity contribution in [2.45, 2.75) is 31.1 Å². The number of benzene rings is 2. The molecular formula is C21H24ClNO3. The van der Waals surface area contributed by atoms with Crippen LogP contribution in [0.3, 0.4) is 0 Å². The molecule has 0 spiro atoms. The average molecular weight is 374 g/mol. The van der Waals surface area contributed by atoms with Crippen molar-refractivity contribution in [2.75, 3.05) is 20.8 Å². The summed E-state index contributed by atoms with van der Waals surface area (Å²) >= 11 is 6.12. The number of carbonyl (C=O) groups excluding carboxylic acids is 1. The normalized spacial score (nSPS) is 15.0. The summed E-state index contributed by atoms with van der Waals surface area (Å²) in [6, 6.07) is 13.5. The summed E-state index contributed by atoms with van der Waals surface area (Å²) in [5, 5.41) is 3.78. The maximum atomic E-state index is 12.9. The predicted molar refractivity (Wildman–Crippen MR) is 103 cm³/mol. The third-order valence-electron chi connectivity index (χ3n) is 5.17. The van der Waals surface area contributed by atoms with Crippen molar-refractivity contribution >= 4 is 17.5 Å². The molecule has 3 rings (SSSR count). The average Bonchev–Trinajstić information content (AvgIpc) is 2.60. The second-order valence-electron chi connectivity index (χ2n) is 6.64. The third-order valence-corrected chi connectivity index (χ3v) is 5.40. The highest BCUT2D eigenvalue weighted by Gasteiger charge is 2.45. The van der Waals surface area contributed by atoms with Crippen molar-refractivity contribution in [2.24, 2.45) is 0 Å². The van der Waals surface area contributed by atoms with Gasteiger partial charge >= 0.3 is 0 Å². The fraction of sp³-hybridized carbons (Fsp3) is 0.381. The van der Waals surface area contributed by atoms with E-state index in [2.05, 4.69) is 5.32 Å². The Labute approximate surface area is 159 Å². The molecule has 0 unspecified atom stereocenters. The number of rotatable bonds is 7. The van der Waals surface area contributed by atoms with Crippen LogP contribution in [0.1, 0.15) is 30.4 Å². The first kappa shape index (κ1) is 18.6. The lowest BCUT2D eigenvalue weighted by molar-refractivity contribution is -0.129. The van der Waals surface area contributed by atoms with Crippen LogP contribution in [-0.2, 0) is 16.6 Å². The van der Waals surface area contributed by atoms with Crippen molar-refractivity contribution in [3.63, 3.8) is 0 Å². The zero-order chi connectivity index (χ0) is 18.6. The quantitative estimate of drug-likeness (QED) is 0.793. The second-order valence-corrected chi connectivity index (χ2v) is 7.08. The number of methoxy groups -OCH3 is 2. The fourth-order valence-electron chi connectivity index (χ4n) is 3.49. The summed E-state index contributed by atoms with van der Waals surface area (Å²) in [7, 11) is 3.24. The summed E-state index contributed by atoms with van der Waals surface area (Å²) in [6.45, 7) is 0.580. The van der Waals surface area contributed by atoms with Gasteiger partial charge < -0.3 is 14.8 Å². The number of hydrogen-bond acceptors (Lipinski definition) is 3. The van der Waals surface area contributed by atoms with Gasteiger partial charge in [-0.25, -0.2) is 0 Å². The molecular weight excluding hydrogens is 350 g/mol. The monoisotopic (exact) mass is 373 g/mol. The molecule has 1 amide bonds. The lowest BCUT2D eigenvalue weighted by Gasteiger charge is -2.40. The predicted octanol–water partition coefficient (Wildman–Crippen LogP) is 4.14. The Hall–Kier alpha value is -2.20. The minimum absolute atomic E-state index is 0.0893. The number of carbonyl (C=O) groups is 1. The Balaban J connectivity index is 1.63. The molecule has 0 aliphatic heterocycles. The highest BCUT2D eigenvalue weighted by molar-refractivity contribution is 6.30. The van der Waals surface area contributed by atoms with Gasteiger partial charge in [-0.1, -0.05) is 36.2 Å². The Morgan fingerprint density at radius 2 is 1.88 bits per heavy atom. The van der Waals surface area contributed by atoms with Gasteiger partial charge in [-0.05, 0) is 54.7 Å². The number of halogens is 1. The highest BCUT2D eigenvalue weighted by atomic mass is 35.5. The molecule has 1 fully saturated rings. The molecule has 0 atom stereocenters. The molecule has 138 valence electrons. The molecule has 2 aromatic carbocycles. The van der Waals surface area contributed by atoms with E-state index in [1.807, 2.05) is 42.5 Å². The van der Waals surface area contributed by atoms with Crippen LogP contribution in [0.25, 0.3) is 0 Å². The van der Waals surface area contributed by atoms with E-state index in [1.165, 1.54) is 0 Å². The Kier molecular flexibility index (Phi) is 5.72. The number of nitrogens with one attached hydrogen (secondary N) is 1. The molecule has 1 aliphatic rings. The van der Waals surface area contributed by atoms with E-state index in [1.54, 1.807) is 14.2 Å². The molecule has 0 bridgehead atoms. The van der Waals surface area contributed by atoms with E-state index in [4.69, 9.17) is 21.1 Å². The highest BCUT2D eigenvalue weighted by Crippen LogP contribution is 2.44. The lowest BCUT2D eigenvalue weighted by atomic mass is 9.64. The van der Waals surface area contributed by atoms with Gasteiger partial charge in [0.25, 0.3) is 0 Å². The zero-order valence-electron chi connectivity index (χ0n) is 15.2. The van der Waals surface area contributed by atoms with Crippen molar-refractivity contribution in [3.8, 4) is 11.5 Å². The Bertz CT molecular complexity index is 787. The van der Waals surface area contributed by atoms with Crippen LogP contribution < -0.4 is 14.8 Å². The van der Waals surface area contributed by atoms with Crippen LogP contribution in [-0.4, -0.2) is 26.7 Å². The van der Waals surface area contributed by atoms with Crippen LogP contribution in [0.2, 0.25) is 5.02 Å². The summed E-state index contributed by atoms with van der Waals surface area (Å²) in [4.78, 5) is 12.9. The van der Waals surface area contributed by atoms with E-state index in [-0.39, 0.29) is 5.91 Å². The van der Waals surface area contributed by atoms with Gasteiger partial charge in [-0.2, -0.15) is 0 Å². The third kappa shape index (κ3) is 3.65. The molecule has 0 saturated heterocycles. The Morgan fingerprint density at radius 3 is 2.50 bits per heavy atom. The van der Waals surface area contributed by atoms with Crippen LogP contribution in [0, 0.1) is 0 Å². The Morgan fingerprint density at radius 1 is 1.12 bits per heavy atom. The SMILES string of the molecule is COc1ccc(CCNC(=O)C2(c3cccc(Cl)c3)CCC2)cc1OC. The molecule has 0 heterocycles. The van der Waals surface area contributed by atoms with E-state index in [0.29, 0.717) is 23.1 Å².